The Labute approximate surface area is 243 Å². The summed E-state index contributed by atoms with van der Waals surface area (Å²) in [6, 6.07) is 14.6. The minimum atomic E-state index is -0.288. The van der Waals surface area contributed by atoms with Crippen molar-refractivity contribution in [3.63, 3.8) is 0 Å². The summed E-state index contributed by atoms with van der Waals surface area (Å²) in [7, 11) is 1.62. The monoisotopic (exact) mass is 563 g/mol. The van der Waals surface area contributed by atoms with Crippen LogP contribution in [0.2, 0.25) is 0 Å². The van der Waals surface area contributed by atoms with Crippen molar-refractivity contribution in [2.24, 2.45) is 0 Å². The number of hydrogen-bond acceptors (Lipinski definition) is 6. The van der Waals surface area contributed by atoms with E-state index in [1.165, 1.54) is 9.80 Å². The Morgan fingerprint density at radius 3 is 1.88 bits per heavy atom. The van der Waals surface area contributed by atoms with E-state index in [1.54, 1.807) is 31.3 Å². The molecule has 8 heteroatoms. The first-order valence-electron chi connectivity index (χ1n) is 14.5. The van der Waals surface area contributed by atoms with Gasteiger partial charge in [-0.15, -0.1) is 0 Å². The Hall–Kier alpha value is -4.40. The summed E-state index contributed by atoms with van der Waals surface area (Å²) in [4.78, 5) is 58.1. The Kier molecular flexibility index (Phi) is 7.12. The van der Waals surface area contributed by atoms with Gasteiger partial charge >= 0.3 is 0 Å². The normalized spacial score (nSPS) is 13.4. The number of carbonyl (C=O) groups is 4. The fourth-order valence-electron chi connectivity index (χ4n) is 6.58. The Morgan fingerprint density at radius 1 is 0.786 bits per heavy atom. The molecule has 5 aromatic rings. The number of rotatable bonds is 10. The highest BCUT2D eigenvalue weighted by atomic mass is 16.3. The number of fused-ring (bicyclic) bond motifs is 2. The first-order valence-corrected chi connectivity index (χ1v) is 14.5. The summed E-state index contributed by atoms with van der Waals surface area (Å²) >= 11 is 0. The molecule has 0 atom stereocenters. The number of benzene rings is 5. The third-order valence-corrected chi connectivity index (χ3v) is 8.78. The van der Waals surface area contributed by atoms with Crippen LogP contribution in [0.4, 0.5) is 0 Å². The van der Waals surface area contributed by atoms with Gasteiger partial charge in [-0.25, -0.2) is 0 Å². The summed E-state index contributed by atoms with van der Waals surface area (Å²) in [5.74, 6) is -0.851. The van der Waals surface area contributed by atoms with E-state index in [0.29, 0.717) is 46.0 Å². The Bertz CT molecular complexity index is 1840. The molecule has 214 valence electrons. The van der Waals surface area contributed by atoms with Gasteiger partial charge in [0.05, 0.1) is 6.61 Å². The van der Waals surface area contributed by atoms with Crippen molar-refractivity contribution in [1.82, 2.24) is 14.7 Å². The number of aldehydes is 1. The fourth-order valence-corrected chi connectivity index (χ4v) is 6.58. The number of likely N-dealkylation sites (N-methyl/N-ethyl adjacent to an activating group) is 1. The SMILES string of the molecule is CCN(CC)CCCN1C(=O)c2ccc3c4ccc(C=O)c5c(C(=O)N(C)CCO)ccc(c6ccc(c2c36)C1=O)c54. The van der Waals surface area contributed by atoms with Crippen molar-refractivity contribution in [1.29, 1.82) is 0 Å². The predicted octanol–water partition coefficient (Wildman–Crippen LogP) is 4.94. The van der Waals surface area contributed by atoms with Crippen LogP contribution in [0.25, 0.3) is 43.1 Å². The predicted molar refractivity (Wildman–Crippen MR) is 165 cm³/mol. The summed E-state index contributed by atoms with van der Waals surface area (Å²) in [6.07, 6.45) is 1.46. The van der Waals surface area contributed by atoms with Crippen LogP contribution in [0, 0.1) is 0 Å². The van der Waals surface area contributed by atoms with E-state index in [2.05, 4.69) is 18.7 Å². The quantitative estimate of drug-likeness (QED) is 0.112. The second-order valence-corrected chi connectivity index (χ2v) is 10.9. The molecule has 0 saturated heterocycles. The van der Waals surface area contributed by atoms with Crippen LogP contribution in [0.15, 0.2) is 48.5 Å². The van der Waals surface area contributed by atoms with Gasteiger partial charge in [-0.1, -0.05) is 44.2 Å². The van der Waals surface area contributed by atoms with Gasteiger partial charge in [0, 0.05) is 53.2 Å². The molecule has 0 unspecified atom stereocenters. The molecule has 0 spiro atoms. The van der Waals surface area contributed by atoms with Gasteiger partial charge in [0.2, 0.25) is 0 Å². The van der Waals surface area contributed by atoms with Gasteiger partial charge in [0.15, 0.2) is 6.29 Å². The first-order chi connectivity index (χ1) is 20.4. The lowest BCUT2D eigenvalue weighted by molar-refractivity contribution is 0.0603. The lowest BCUT2D eigenvalue weighted by Crippen LogP contribution is -2.41. The molecule has 42 heavy (non-hydrogen) atoms. The van der Waals surface area contributed by atoms with Crippen molar-refractivity contribution < 1.29 is 24.3 Å². The molecule has 1 aliphatic heterocycles. The number of hydrogen-bond donors (Lipinski definition) is 1. The second kappa shape index (κ2) is 10.8. The van der Waals surface area contributed by atoms with Gasteiger partial charge < -0.3 is 14.9 Å². The molecule has 8 nitrogen and oxygen atoms in total. The smallest absolute Gasteiger partial charge is 0.261 e. The fraction of sp³-hybridized carbons (Fsp3) is 0.294. The van der Waals surface area contributed by atoms with Gasteiger partial charge in [0.25, 0.3) is 17.7 Å². The van der Waals surface area contributed by atoms with Gasteiger partial charge in [-0.05, 0) is 76.6 Å². The van der Waals surface area contributed by atoms with E-state index in [1.807, 2.05) is 24.3 Å². The van der Waals surface area contributed by atoms with E-state index in [-0.39, 0.29) is 30.9 Å². The maximum Gasteiger partial charge on any atom is 0.261 e. The molecule has 3 amide bonds. The second-order valence-electron chi connectivity index (χ2n) is 10.9. The molecule has 6 rings (SSSR count). The van der Waals surface area contributed by atoms with Crippen LogP contribution in [0.3, 0.4) is 0 Å². The topological polar surface area (TPSA) is 98.2 Å². The number of imide groups is 1. The minimum absolute atomic E-state index is 0.167. The third-order valence-electron chi connectivity index (χ3n) is 8.78. The number of amides is 3. The molecule has 5 aromatic carbocycles. The number of carbonyl (C=O) groups excluding carboxylic acids is 4. The summed E-state index contributed by atoms with van der Waals surface area (Å²) in [5.41, 5.74) is 1.80. The maximum absolute atomic E-state index is 13.7. The van der Waals surface area contributed by atoms with Crippen LogP contribution < -0.4 is 0 Å². The van der Waals surface area contributed by atoms with Crippen LogP contribution >= 0.6 is 0 Å². The van der Waals surface area contributed by atoms with Crippen LogP contribution in [0.1, 0.15) is 61.7 Å². The minimum Gasteiger partial charge on any atom is -0.395 e. The molecular weight excluding hydrogens is 530 g/mol. The number of aliphatic hydroxyl groups is 1. The van der Waals surface area contributed by atoms with Gasteiger partial charge in [-0.2, -0.15) is 0 Å². The lowest BCUT2D eigenvalue weighted by Gasteiger charge is -2.29. The average molecular weight is 564 g/mol. The van der Waals surface area contributed by atoms with Crippen LogP contribution in [-0.4, -0.2) is 90.2 Å². The van der Waals surface area contributed by atoms with E-state index < -0.39 is 0 Å². The Morgan fingerprint density at radius 2 is 1.33 bits per heavy atom. The summed E-state index contributed by atoms with van der Waals surface area (Å²) < 4.78 is 0. The summed E-state index contributed by atoms with van der Waals surface area (Å²) in [5, 5.41) is 15.6. The lowest BCUT2D eigenvalue weighted by atomic mass is 9.83. The molecular formula is C34H33N3O5. The molecule has 1 aliphatic rings. The highest BCUT2D eigenvalue weighted by Gasteiger charge is 2.34. The van der Waals surface area contributed by atoms with Crippen molar-refractivity contribution >= 4 is 67.1 Å². The molecule has 0 aliphatic carbocycles. The summed E-state index contributed by atoms with van der Waals surface area (Å²) in [6.45, 7) is 7.21. The molecule has 1 heterocycles. The molecule has 0 fully saturated rings. The number of nitrogens with zero attached hydrogens (tertiary/aromatic N) is 3. The molecule has 0 aromatic heterocycles. The third kappa shape index (κ3) is 4.05. The van der Waals surface area contributed by atoms with E-state index in [0.717, 1.165) is 58.2 Å². The average Bonchev–Trinajstić information content (AvgIpc) is 3.01. The van der Waals surface area contributed by atoms with E-state index in [9.17, 15) is 24.3 Å². The molecule has 0 radical (unpaired) electrons. The van der Waals surface area contributed by atoms with Crippen molar-refractivity contribution in [2.45, 2.75) is 20.3 Å². The highest BCUT2D eigenvalue weighted by Crippen LogP contribution is 2.45. The zero-order valence-electron chi connectivity index (χ0n) is 24.1. The molecule has 0 bridgehead atoms. The van der Waals surface area contributed by atoms with E-state index >= 15 is 0 Å². The van der Waals surface area contributed by atoms with Crippen LogP contribution in [-0.2, 0) is 0 Å². The first kappa shape index (κ1) is 27.8. The van der Waals surface area contributed by atoms with Crippen molar-refractivity contribution in [3.05, 3.63) is 70.8 Å². The maximum atomic E-state index is 13.7. The number of aliphatic hydroxyl groups excluding tert-OH is 1. The van der Waals surface area contributed by atoms with Gasteiger partial charge in [-0.3, -0.25) is 24.1 Å². The zero-order chi connectivity index (χ0) is 29.7. The van der Waals surface area contributed by atoms with Crippen LogP contribution in [0.5, 0.6) is 0 Å². The highest BCUT2D eigenvalue weighted by molar-refractivity contribution is 6.39. The van der Waals surface area contributed by atoms with Crippen molar-refractivity contribution in [2.75, 3.05) is 46.4 Å². The molecule has 0 saturated carbocycles. The van der Waals surface area contributed by atoms with E-state index in [4.69, 9.17) is 0 Å². The standard InChI is InChI=1S/C34H33N3O5/c1-4-36(5-2)15-6-16-37-33(41)26-13-10-23-21-8-7-20(19-39)28-25(32(40)35(3)17-18-38)12-9-22(29(21)28)24-11-14-27(34(37)42)31(26)30(23)24/h7-14,19,38H,4-6,15-18H2,1-3H3. The Balaban J connectivity index is 1.57. The molecule has 1 N–H and O–H groups in total. The largest absolute Gasteiger partial charge is 0.395 e. The zero-order valence-corrected chi connectivity index (χ0v) is 24.1. The van der Waals surface area contributed by atoms with Gasteiger partial charge in [0.1, 0.15) is 0 Å². The van der Waals surface area contributed by atoms with Crippen molar-refractivity contribution in [3.8, 4) is 0 Å².